The van der Waals surface area contributed by atoms with Gasteiger partial charge in [-0.3, -0.25) is 9.59 Å². The van der Waals surface area contributed by atoms with E-state index in [9.17, 15) is 9.59 Å². The summed E-state index contributed by atoms with van der Waals surface area (Å²) in [6.07, 6.45) is 0.0842. The van der Waals surface area contributed by atoms with Crippen LogP contribution in [0.3, 0.4) is 0 Å². The summed E-state index contributed by atoms with van der Waals surface area (Å²) < 4.78 is 4.50. The topological polar surface area (TPSA) is 68.3 Å². The molecule has 7 heteroatoms. The average molecular weight is 291 g/mol. The first-order valence-corrected chi connectivity index (χ1v) is 5.89. The number of carbonyl (C=O) groups excluding carboxylic acids is 2. The molecule has 1 N–H and O–H groups in total. The highest BCUT2D eigenvalue weighted by atomic mass is 35.5. The number of nitrogens with zero attached hydrogens (tertiary/aromatic N) is 1. The van der Waals surface area contributed by atoms with E-state index in [1.54, 1.807) is 6.92 Å². The third-order valence-corrected chi connectivity index (χ3v) is 2.64. The summed E-state index contributed by atoms with van der Waals surface area (Å²) in [4.78, 5) is 26.6. The van der Waals surface area contributed by atoms with Crippen molar-refractivity contribution in [3.63, 3.8) is 0 Å². The van der Waals surface area contributed by atoms with Crippen molar-refractivity contribution in [3.8, 4) is 0 Å². The predicted octanol–water partition coefficient (Wildman–Crippen LogP) is 2.07. The van der Waals surface area contributed by atoms with Crippen LogP contribution in [0.2, 0.25) is 10.3 Å². The van der Waals surface area contributed by atoms with Crippen LogP contribution in [-0.4, -0.2) is 30.0 Å². The Balaban J connectivity index is 2.67. The Labute approximate surface area is 114 Å². The summed E-state index contributed by atoms with van der Waals surface area (Å²) >= 11 is 11.4. The largest absolute Gasteiger partial charge is 0.469 e. The van der Waals surface area contributed by atoms with E-state index < -0.39 is 11.9 Å². The van der Waals surface area contributed by atoms with Crippen molar-refractivity contribution in [1.82, 2.24) is 10.3 Å². The third-order valence-electron chi connectivity index (χ3n) is 2.14. The van der Waals surface area contributed by atoms with Crippen molar-refractivity contribution < 1.29 is 14.3 Å². The number of rotatable bonds is 4. The van der Waals surface area contributed by atoms with Gasteiger partial charge in [-0.05, 0) is 19.1 Å². The summed E-state index contributed by atoms with van der Waals surface area (Å²) in [5, 5.41) is 2.84. The molecular formula is C11H12Cl2N2O3. The number of amides is 1. The van der Waals surface area contributed by atoms with Gasteiger partial charge in [-0.1, -0.05) is 23.2 Å². The summed E-state index contributed by atoms with van der Waals surface area (Å²) in [7, 11) is 1.29. The monoisotopic (exact) mass is 290 g/mol. The SMILES string of the molecule is COC(=O)CC(C)NC(=O)c1ccc(Cl)nc1Cl. The molecule has 0 aromatic carbocycles. The highest BCUT2D eigenvalue weighted by Crippen LogP contribution is 2.16. The average Bonchev–Trinajstić information content (AvgIpc) is 2.28. The Bertz CT molecular complexity index is 466. The smallest absolute Gasteiger partial charge is 0.307 e. The van der Waals surface area contributed by atoms with E-state index in [1.807, 2.05) is 0 Å². The predicted molar refractivity (Wildman–Crippen MR) is 67.8 cm³/mol. The van der Waals surface area contributed by atoms with E-state index >= 15 is 0 Å². The molecule has 1 aromatic heterocycles. The van der Waals surface area contributed by atoms with E-state index in [0.29, 0.717) is 0 Å². The molecule has 5 nitrogen and oxygen atoms in total. The number of methoxy groups -OCH3 is 1. The number of halogens is 2. The molecule has 1 unspecified atom stereocenters. The molecule has 0 bridgehead atoms. The van der Waals surface area contributed by atoms with E-state index in [4.69, 9.17) is 23.2 Å². The van der Waals surface area contributed by atoms with Crippen molar-refractivity contribution in [2.24, 2.45) is 0 Å². The molecule has 0 saturated carbocycles. The number of ether oxygens (including phenoxy) is 1. The molecule has 98 valence electrons. The fourth-order valence-corrected chi connectivity index (χ4v) is 1.70. The normalized spacial score (nSPS) is 11.8. The quantitative estimate of drug-likeness (QED) is 0.681. The standard InChI is InChI=1S/C11H12Cl2N2O3/c1-6(5-9(16)18-2)14-11(17)7-3-4-8(12)15-10(7)13/h3-4,6H,5H2,1-2H3,(H,14,17). The molecule has 0 spiro atoms. The fraction of sp³-hybridized carbons (Fsp3) is 0.364. The Morgan fingerprint density at radius 3 is 2.67 bits per heavy atom. The summed E-state index contributed by atoms with van der Waals surface area (Å²) in [5.74, 6) is -0.816. The van der Waals surface area contributed by atoms with Crippen LogP contribution in [0.1, 0.15) is 23.7 Å². The van der Waals surface area contributed by atoms with Gasteiger partial charge in [0.2, 0.25) is 0 Å². The Hall–Kier alpha value is -1.33. The van der Waals surface area contributed by atoms with Gasteiger partial charge in [-0.15, -0.1) is 0 Å². The fourth-order valence-electron chi connectivity index (χ4n) is 1.27. The second kappa shape index (κ2) is 6.56. The van der Waals surface area contributed by atoms with Crippen molar-refractivity contribution in [3.05, 3.63) is 28.0 Å². The van der Waals surface area contributed by atoms with Gasteiger partial charge in [0.1, 0.15) is 10.3 Å². The van der Waals surface area contributed by atoms with Gasteiger partial charge in [0.15, 0.2) is 0 Å². The van der Waals surface area contributed by atoms with Crippen molar-refractivity contribution in [2.75, 3.05) is 7.11 Å². The maximum Gasteiger partial charge on any atom is 0.307 e. The summed E-state index contributed by atoms with van der Waals surface area (Å²) in [6, 6.07) is 2.57. The van der Waals surface area contributed by atoms with Crippen LogP contribution < -0.4 is 5.32 Å². The highest BCUT2D eigenvalue weighted by molar-refractivity contribution is 6.34. The van der Waals surface area contributed by atoms with Crippen LogP contribution in [0.15, 0.2) is 12.1 Å². The Morgan fingerprint density at radius 2 is 2.11 bits per heavy atom. The van der Waals surface area contributed by atoms with Crippen molar-refractivity contribution in [1.29, 1.82) is 0 Å². The number of esters is 1. The van der Waals surface area contributed by atoms with Crippen LogP contribution in [0.5, 0.6) is 0 Å². The van der Waals surface area contributed by atoms with Crippen LogP contribution in [0, 0.1) is 0 Å². The molecule has 0 saturated heterocycles. The van der Waals surface area contributed by atoms with E-state index in [2.05, 4.69) is 15.0 Å². The molecule has 1 amide bonds. The lowest BCUT2D eigenvalue weighted by Gasteiger charge is -2.12. The highest BCUT2D eigenvalue weighted by Gasteiger charge is 2.16. The molecule has 1 atom stereocenters. The van der Waals surface area contributed by atoms with E-state index in [1.165, 1.54) is 19.2 Å². The third kappa shape index (κ3) is 4.16. The number of pyridine rings is 1. The molecule has 0 aliphatic carbocycles. The van der Waals surface area contributed by atoms with Gasteiger partial charge in [-0.2, -0.15) is 0 Å². The molecular weight excluding hydrogens is 279 g/mol. The first kappa shape index (κ1) is 14.7. The first-order chi connectivity index (χ1) is 8.43. The number of hydrogen-bond donors (Lipinski definition) is 1. The Morgan fingerprint density at radius 1 is 1.44 bits per heavy atom. The van der Waals surface area contributed by atoms with Crippen LogP contribution in [0.4, 0.5) is 0 Å². The molecule has 1 heterocycles. The molecule has 0 radical (unpaired) electrons. The minimum absolute atomic E-state index is 0.0188. The molecule has 1 rings (SSSR count). The van der Waals surface area contributed by atoms with Gasteiger partial charge in [0.25, 0.3) is 5.91 Å². The Kier molecular flexibility index (Phi) is 5.37. The van der Waals surface area contributed by atoms with Gasteiger partial charge in [0, 0.05) is 6.04 Å². The zero-order chi connectivity index (χ0) is 13.7. The molecule has 0 aliphatic heterocycles. The van der Waals surface area contributed by atoms with Gasteiger partial charge in [-0.25, -0.2) is 4.98 Å². The lowest BCUT2D eigenvalue weighted by Crippen LogP contribution is -2.34. The second-order valence-corrected chi connectivity index (χ2v) is 4.37. The summed E-state index contributed by atoms with van der Waals surface area (Å²) in [5.41, 5.74) is 0.206. The first-order valence-electron chi connectivity index (χ1n) is 5.13. The van der Waals surface area contributed by atoms with Gasteiger partial charge >= 0.3 is 5.97 Å². The number of carbonyl (C=O) groups is 2. The van der Waals surface area contributed by atoms with Crippen LogP contribution in [0.25, 0.3) is 0 Å². The van der Waals surface area contributed by atoms with Crippen LogP contribution >= 0.6 is 23.2 Å². The van der Waals surface area contributed by atoms with Crippen LogP contribution in [-0.2, 0) is 9.53 Å². The lowest BCUT2D eigenvalue weighted by molar-refractivity contribution is -0.141. The van der Waals surface area contributed by atoms with E-state index in [-0.39, 0.29) is 28.3 Å². The molecule has 0 fully saturated rings. The second-order valence-electron chi connectivity index (χ2n) is 3.63. The van der Waals surface area contributed by atoms with Crippen molar-refractivity contribution in [2.45, 2.75) is 19.4 Å². The minimum Gasteiger partial charge on any atom is -0.469 e. The van der Waals surface area contributed by atoms with E-state index in [0.717, 1.165) is 0 Å². The number of aromatic nitrogens is 1. The lowest BCUT2D eigenvalue weighted by atomic mass is 10.2. The van der Waals surface area contributed by atoms with Gasteiger partial charge in [0.05, 0.1) is 19.1 Å². The molecule has 18 heavy (non-hydrogen) atoms. The summed E-state index contributed by atoms with van der Waals surface area (Å²) in [6.45, 7) is 1.69. The van der Waals surface area contributed by atoms with Crippen molar-refractivity contribution >= 4 is 35.1 Å². The zero-order valence-corrected chi connectivity index (χ0v) is 11.4. The molecule has 0 aliphatic rings. The number of nitrogens with one attached hydrogen (secondary N) is 1. The maximum absolute atomic E-state index is 11.8. The maximum atomic E-state index is 11.8. The van der Waals surface area contributed by atoms with Gasteiger partial charge < -0.3 is 10.1 Å². The number of hydrogen-bond acceptors (Lipinski definition) is 4. The molecule has 1 aromatic rings. The minimum atomic E-state index is -0.416. The zero-order valence-electron chi connectivity index (χ0n) is 9.87.